The zero-order chi connectivity index (χ0) is 16.9. The minimum Gasteiger partial charge on any atom is -0.465 e. The van der Waals surface area contributed by atoms with Crippen LogP contribution in [0.3, 0.4) is 0 Å². The maximum Gasteiger partial charge on any atom is 0.337 e. The molecule has 1 saturated heterocycles. The van der Waals surface area contributed by atoms with Crippen LogP contribution in [0.4, 0.5) is 0 Å². The van der Waals surface area contributed by atoms with Crippen molar-refractivity contribution in [2.45, 2.75) is 18.9 Å². The molecule has 24 heavy (non-hydrogen) atoms. The van der Waals surface area contributed by atoms with Gasteiger partial charge in [-0.25, -0.2) is 9.78 Å². The summed E-state index contributed by atoms with van der Waals surface area (Å²) in [5.41, 5.74) is 3.36. The van der Waals surface area contributed by atoms with E-state index in [1.54, 1.807) is 24.3 Å². The number of nitrogens with zero attached hydrogens (tertiary/aromatic N) is 2. The molecule has 2 heterocycles. The molecule has 1 fully saturated rings. The van der Waals surface area contributed by atoms with Crippen LogP contribution in [0, 0.1) is 11.8 Å². The Morgan fingerprint density at radius 2 is 2.00 bits per heavy atom. The Labute approximate surface area is 142 Å². The van der Waals surface area contributed by atoms with E-state index in [0.717, 1.165) is 17.8 Å². The van der Waals surface area contributed by atoms with Crippen molar-refractivity contribution in [3.63, 3.8) is 0 Å². The summed E-state index contributed by atoms with van der Waals surface area (Å²) in [5.74, 6) is 5.79. The van der Waals surface area contributed by atoms with Crippen molar-refractivity contribution in [1.29, 1.82) is 0 Å². The molecule has 122 valence electrons. The number of likely N-dealkylation sites (tertiary alicyclic amines) is 1. The first-order chi connectivity index (χ1) is 11.7. The predicted molar refractivity (Wildman–Crippen MR) is 92.6 cm³/mol. The molecule has 4 nitrogen and oxygen atoms in total. The molecule has 0 N–H and O–H groups in total. The van der Waals surface area contributed by atoms with Crippen LogP contribution in [-0.4, -0.2) is 36.6 Å². The summed E-state index contributed by atoms with van der Waals surface area (Å²) in [6.07, 6.45) is 4.36. The third-order valence-corrected chi connectivity index (χ3v) is 4.33. The van der Waals surface area contributed by atoms with E-state index in [4.69, 9.17) is 0 Å². The van der Waals surface area contributed by atoms with E-state index in [-0.39, 0.29) is 5.97 Å². The van der Waals surface area contributed by atoms with Gasteiger partial charge in [0.25, 0.3) is 0 Å². The third-order valence-electron chi connectivity index (χ3n) is 4.33. The first kappa shape index (κ1) is 16.2. The van der Waals surface area contributed by atoms with Crippen molar-refractivity contribution in [1.82, 2.24) is 9.88 Å². The van der Waals surface area contributed by atoms with E-state index >= 15 is 0 Å². The normalized spacial score (nSPS) is 17.2. The highest BCUT2D eigenvalue weighted by atomic mass is 16.5. The lowest BCUT2D eigenvalue weighted by Crippen LogP contribution is -2.17. The largest absolute Gasteiger partial charge is 0.465 e. The van der Waals surface area contributed by atoms with Crippen LogP contribution in [0.25, 0.3) is 0 Å². The standard InChI is InChI=1S/C20H20N2O2/c1-22-13-3-4-19(22)17-10-12-18(21-14-17)11-7-15-5-8-16(9-6-15)20(23)24-2/h5-6,8-10,12,14,19H,3-4,13H2,1-2H3. The second kappa shape index (κ2) is 7.29. The fourth-order valence-electron chi connectivity index (χ4n) is 2.95. The molecule has 2 aromatic rings. The van der Waals surface area contributed by atoms with Gasteiger partial charge in [-0.1, -0.05) is 12.0 Å². The van der Waals surface area contributed by atoms with Crippen molar-refractivity contribution in [3.05, 3.63) is 65.0 Å². The number of esters is 1. The fourth-order valence-corrected chi connectivity index (χ4v) is 2.95. The number of hydrogen-bond donors (Lipinski definition) is 0. The van der Waals surface area contributed by atoms with Gasteiger partial charge in [-0.05, 0) is 68.2 Å². The maximum atomic E-state index is 11.4. The molecule has 0 spiro atoms. The van der Waals surface area contributed by atoms with Gasteiger partial charge in [0.15, 0.2) is 0 Å². The SMILES string of the molecule is COC(=O)c1ccc(C#Cc2ccc(C3CCCN3C)cn2)cc1. The topological polar surface area (TPSA) is 42.4 Å². The molecule has 1 aliphatic heterocycles. The molecule has 0 bridgehead atoms. The lowest BCUT2D eigenvalue weighted by Gasteiger charge is -2.19. The highest BCUT2D eigenvalue weighted by molar-refractivity contribution is 5.89. The van der Waals surface area contributed by atoms with Crippen LogP contribution < -0.4 is 0 Å². The average molecular weight is 320 g/mol. The summed E-state index contributed by atoms with van der Waals surface area (Å²) < 4.78 is 4.68. The molecule has 1 aliphatic rings. The molecule has 1 aromatic heterocycles. The third kappa shape index (κ3) is 3.64. The summed E-state index contributed by atoms with van der Waals surface area (Å²) >= 11 is 0. The van der Waals surface area contributed by atoms with Gasteiger partial charge in [0.2, 0.25) is 0 Å². The number of carbonyl (C=O) groups excluding carboxylic acids is 1. The van der Waals surface area contributed by atoms with E-state index in [1.165, 1.54) is 25.5 Å². The highest BCUT2D eigenvalue weighted by Gasteiger charge is 2.22. The number of carbonyl (C=O) groups is 1. The molecule has 4 heteroatoms. The van der Waals surface area contributed by atoms with Gasteiger partial charge in [0.05, 0.1) is 12.7 Å². The average Bonchev–Trinajstić information content (AvgIpc) is 3.06. The van der Waals surface area contributed by atoms with Gasteiger partial charge < -0.3 is 4.74 Å². The molecule has 1 aromatic carbocycles. The Morgan fingerprint density at radius 3 is 2.58 bits per heavy atom. The lowest BCUT2D eigenvalue weighted by molar-refractivity contribution is 0.0600. The summed E-state index contributed by atoms with van der Waals surface area (Å²) in [6, 6.07) is 11.6. The number of hydrogen-bond acceptors (Lipinski definition) is 4. The summed E-state index contributed by atoms with van der Waals surface area (Å²) in [7, 11) is 3.53. The van der Waals surface area contributed by atoms with Crippen LogP contribution in [0.5, 0.6) is 0 Å². The molecule has 0 radical (unpaired) electrons. The Morgan fingerprint density at radius 1 is 1.21 bits per heavy atom. The zero-order valence-corrected chi connectivity index (χ0v) is 14.0. The van der Waals surface area contributed by atoms with Crippen molar-refractivity contribution in [3.8, 4) is 11.8 Å². The van der Waals surface area contributed by atoms with Crippen LogP contribution in [0.15, 0.2) is 42.6 Å². The Hall–Kier alpha value is -2.64. The van der Waals surface area contributed by atoms with Gasteiger partial charge in [-0.2, -0.15) is 0 Å². The lowest BCUT2D eigenvalue weighted by atomic mass is 10.1. The van der Waals surface area contributed by atoms with Gasteiger partial charge in [-0.15, -0.1) is 0 Å². The first-order valence-electron chi connectivity index (χ1n) is 8.04. The Kier molecular flexibility index (Phi) is 4.93. The molecule has 0 amide bonds. The summed E-state index contributed by atoms with van der Waals surface area (Å²) in [5, 5.41) is 0. The van der Waals surface area contributed by atoms with Crippen LogP contribution >= 0.6 is 0 Å². The van der Waals surface area contributed by atoms with Crippen LogP contribution in [0.2, 0.25) is 0 Å². The Bertz CT molecular complexity index is 770. The number of methoxy groups -OCH3 is 1. The first-order valence-corrected chi connectivity index (χ1v) is 8.04. The second-order valence-electron chi connectivity index (χ2n) is 5.93. The quantitative estimate of drug-likeness (QED) is 0.630. The smallest absolute Gasteiger partial charge is 0.337 e. The molecular weight excluding hydrogens is 300 g/mol. The van der Waals surface area contributed by atoms with Crippen LogP contribution in [-0.2, 0) is 4.74 Å². The molecule has 0 aliphatic carbocycles. The van der Waals surface area contributed by atoms with Gasteiger partial charge >= 0.3 is 5.97 Å². The molecule has 1 unspecified atom stereocenters. The van der Waals surface area contributed by atoms with E-state index in [9.17, 15) is 4.79 Å². The monoisotopic (exact) mass is 320 g/mol. The number of pyridine rings is 1. The molecule has 0 saturated carbocycles. The predicted octanol–water partition coefficient (Wildman–Crippen LogP) is 3.03. The molecule has 3 rings (SSSR count). The number of benzene rings is 1. The minimum atomic E-state index is -0.344. The van der Waals surface area contributed by atoms with E-state index < -0.39 is 0 Å². The van der Waals surface area contributed by atoms with Gasteiger partial charge in [-0.3, -0.25) is 4.90 Å². The van der Waals surface area contributed by atoms with Gasteiger partial charge in [0.1, 0.15) is 5.69 Å². The fraction of sp³-hybridized carbons (Fsp3) is 0.300. The van der Waals surface area contributed by atoms with Crippen molar-refractivity contribution >= 4 is 5.97 Å². The highest BCUT2D eigenvalue weighted by Crippen LogP contribution is 2.29. The number of aromatic nitrogens is 1. The second-order valence-corrected chi connectivity index (χ2v) is 5.93. The summed E-state index contributed by atoms with van der Waals surface area (Å²) in [4.78, 5) is 18.2. The Balaban J connectivity index is 1.70. The molecular formula is C20H20N2O2. The van der Waals surface area contributed by atoms with E-state index in [2.05, 4.69) is 39.6 Å². The minimum absolute atomic E-state index is 0.344. The van der Waals surface area contributed by atoms with Crippen molar-refractivity contribution in [2.75, 3.05) is 20.7 Å². The van der Waals surface area contributed by atoms with E-state index in [0.29, 0.717) is 11.6 Å². The van der Waals surface area contributed by atoms with Crippen molar-refractivity contribution < 1.29 is 9.53 Å². The van der Waals surface area contributed by atoms with E-state index in [1.807, 2.05) is 12.3 Å². The maximum absolute atomic E-state index is 11.4. The molecule has 1 atom stereocenters. The van der Waals surface area contributed by atoms with Crippen molar-refractivity contribution in [2.24, 2.45) is 0 Å². The summed E-state index contributed by atoms with van der Waals surface area (Å²) in [6.45, 7) is 1.15. The number of rotatable bonds is 2. The number of ether oxygens (including phenoxy) is 1. The van der Waals surface area contributed by atoms with Crippen LogP contribution in [0.1, 0.15) is 46.1 Å². The van der Waals surface area contributed by atoms with Gasteiger partial charge in [0, 0.05) is 17.8 Å². The zero-order valence-electron chi connectivity index (χ0n) is 14.0.